The van der Waals surface area contributed by atoms with Crippen molar-refractivity contribution in [2.75, 3.05) is 6.54 Å². The Hall–Kier alpha value is -1.90. The zero-order valence-electron chi connectivity index (χ0n) is 13.0. The molecule has 1 aromatic carbocycles. The summed E-state index contributed by atoms with van der Waals surface area (Å²) in [5, 5.41) is 10.0. The SMILES string of the molecule is CC(CN=CC1=C(O)CC(C)(C)CC1=O)c1ccccc1. The van der Waals surface area contributed by atoms with Crippen molar-refractivity contribution in [3.63, 3.8) is 0 Å². The van der Waals surface area contributed by atoms with Gasteiger partial charge in [0, 0.05) is 31.5 Å². The Morgan fingerprint density at radius 2 is 1.95 bits per heavy atom. The molecule has 0 saturated heterocycles. The number of aliphatic imine (C=N–C) groups is 1. The highest BCUT2D eigenvalue weighted by molar-refractivity contribution is 6.14. The first-order valence-electron chi connectivity index (χ1n) is 7.39. The minimum Gasteiger partial charge on any atom is -0.511 e. The van der Waals surface area contributed by atoms with Gasteiger partial charge in [-0.1, -0.05) is 51.1 Å². The number of carbonyl (C=O) groups excluding carboxylic acids is 1. The molecule has 0 amide bonds. The van der Waals surface area contributed by atoms with E-state index in [1.54, 1.807) is 6.21 Å². The Kier molecular flexibility index (Phi) is 4.61. The summed E-state index contributed by atoms with van der Waals surface area (Å²) in [7, 11) is 0. The van der Waals surface area contributed by atoms with Crippen LogP contribution in [0.4, 0.5) is 0 Å². The molecule has 1 unspecified atom stereocenters. The Labute approximate surface area is 126 Å². The average molecular weight is 285 g/mol. The first-order valence-corrected chi connectivity index (χ1v) is 7.39. The number of benzene rings is 1. The number of allylic oxidation sites excluding steroid dienone is 2. The molecule has 0 spiro atoms. The van der Waals surface area contributed by atoms with E-state index in [4.69, 9.17) is 0 Å². The third-order valence-corrected chi connectivity index (χ3v) is 3.86. The summed E-state index contributed by atoms with van der Waals surface area (Å²) >= 11 is 0. The van der Waals surface area contributed by atoms with E-state index in [0.29, 0.717) is 30.9 Å². The van der Waals surface area contributed by atoms with Gasteiger partial charge in [-0.25, -0.2) is 0 Å². The van der Waals surface area contributed by atoms with Gasteiger partial charge < -0.3 is 5.11 Å². The van der Waals surface area contributed by atoms with Crippen LogP contribution in [0.2, 0.25) is 0 Å². The number of nitrogens with zero attached hydrogens (tertiary/aromatic N) is 1. The van der Waals surface area contributed by atoms with Crippen LogP contribution in [-0.4, -0.2) is 23.6 Å². The summed E-state index contributed by atoms with van der Waals surface area (Å²) in [5.41, 5.74) is 1.45. The summed E-state index contributed by atoms with van der Waals surface area (Å²) in [5.74, 6) is 0.451. The van der Waals surface area contributed by atoms with E-state index in [0.717, 1.165) is 0 Å². The maximum Gasteiger partial charge on any atom is 0.168 e. The van der Waals surface area contributed by atoms with E-state index >= 15 is 0 Å². The summed E-state index contributed by atoms with van der Waals surface area (Å²) in [6, 6.07) is 10.2. The van der Waals surface area contributed by atoms with Crippen molar-refractivity contribution in [2.45, 2.75) is 39.5 Å². The molecule has 21 heavy (non-hydrogen) atoms. The molecule has 1 aliphatic rings. The van der Waals surface area contributed by atoms with Gasteiger partial charge in [-0.2, -0.15) is 0 Å². The Bertz CT molecular complexity index is 570. The third-order valence-electron chi connectivity index (χ3n) is 3.86. The maximum absolute atomic E-state index is 12.1. The van der Waals surface area contributed by atoms with E-state index in [2.05, 4.69) is 24.0 Å². The topological polar surface area (TPSA) is 49.7 Å². The molecular formula is C18H23NO2. The number of aliphatic hydroxyl groups excluding tert-OH is 1. The minimum absolute atomic E-state index is 0.0140. The fourth-order valence-electron chi connectivity index (χ4n) is 2.64. The molecule has 0 heterocycles. The summed E-state index contributed by atoms with van der Waals surface area (Å²) in [6.45, 7) is 6.70. The van der Waals surface area contributed by atoms with Crippen LogP contribution in [0.25, 0.3) is 0 Å². The standard InChI is InChI=1S/C18H23NO2/c1-13(14-7-5-4-6-8-14)11-19-12-15-16(20)9-18(2,3)10-17(15)21/h4-8,12-13,20H,9-11H2,1-3H3. The quantitative estimate of drug-likeness (QED) is 0.848. The molecule has 2 rings (SSSR count). The lowest BCUT2D eigenvalue weighted by atomic mass is 9.77. The maximum atomic E-state index is 12.1. The summed E-state index contributed by atoms with van der Waals surface area (Å²) < 4.78 is 0. The molecule has 112 valence electrons. The van der Waals surface area contributed by atoms with Gasteiger partial charge in [0.1, 0.15) is 5.76 Å². The van der Waals surface area contributed by atoms with E-state index in [9.17, 15) is 9.90 Å². The predicted molar refractivity (Wildman–Crippen MR) is 85.9 cm³/mol. The van der Waals surface area contributed by atoms with E-state index in [1.807, 2.05) is 32.0 Å². The van der Waals surface area contributed by atoms with Crippen molar-refractivity contribution in [1.29, 1.82) is 0 Å². The number of hydrogen-bond acceptors (Lipinski definition) is 3. The fraction of sp³-hybridized carbons (Fsp3) is 0.444. The molecule has 1 atom stereocenters. The van der Waals surface area contributed by atoms with E-state index < -0.39 is 0 Å². The highest BCUT2D eigenvalue weighted by Crippen LogP contribution is 2.35. The van der Waals surface area contributed by atoms with Gasteiger partial charge in [-0.15, -0.1) is 0 Å². The molecule has 0 bridgehead atoms. The van der Waals surface area contributed by atoms with Gasteiger partial charge in [0.15, 0.2) is 5.78 Å². The van der Waals surface area contributed by atoms with Gasteiger partial charge >= 0.3 is 0 Å². The number of rotatable bonds is 4. The lowest BCUT2D eigenvalue weighted by molar-refractivity contribution is -0.117. The van der Waals surface area contributed by atoms with Gasteiger partial charge in [-0.05, 0) is 11.0 Å². The molecule has 0 saturated carbocycles. The lowest BCUT2D eigenvalue weighted by Gasteiger charge is -2.28. The van der Waals surface area contributed by atoms with Crippen LogP contribution < -0.4 is 0 Å². The van der Waals surface area contributed by atoms with Crippen LogP contribution in [0.3, 0.4) is 0 Å². The summed E-state index contributed by atoms with van der Waals surface area (Å²) in [6.07, 6.45) is 2.55. The van der Waals surface area contributed by atoms with E-state index in [-0.39, 0.29) is 17.0 Å². The Morgan fingerprint density at radius 3 is 2.57 bits per heavy atom. The molecule has 0 fully saturated rings. The van der Waals surface area contributed by atoms with E-state index in [1.165, 1.54) is 5.56 Å². The second kappa shape index (κ2) is 6.25. The Balaban J connectivity index is 2.03. The molecule has 0 aromatic heterocycles. The highest BCUT2D eigenvalue weighted by atomic mass is 16.3. The summed E-state index contributed by atoms with van der Waals surface area (Å²) in [4.78, 5) is 16.4. The van der Waals surface area contributed by atoms with Gasteiger partial charge in [0.25, 0.3) is 0 Å². The van der Waals surface area contributed by atoms with Crippen LogP contribution in [0, 0.1) is 5.41 Å². The molecule has 1 aromatic rings. The van der Waals surface area contributed by atoms with Gasteiger partial charge in [-0.3, -0.25) is 9.79 Å². The number of hydrogen-bond donors (Lipinski definition) is 1. The molecular weight excluding hydrogens is 262 g/mol. The van der Waals surface area contributed by atoms with Crippen LogP contribution in [0.1, 0.15) is 45.1 Å². The van der Waals surface area contributed by atoms with Crippen molar-refractivity contribution in [3.8, 4) is 0 Å². The number of ketones is 1. The Morgan fingerprint density at radius 1 is 1.29 bits per heavy atom. The zero-order valence-corrected chi connectivity index (χ0v) is 13.0. The van der Waals surface area contributed by atoms with Crippen LogP contribution in [0.15, 0.2) is 46.7 Å². The third kappa shape index (κ3) is 4.03. The molecule has 0 aliphatic heterocycles. The van der Waals surface area contributed by atoms with Crippen LogP contribution in [-0.2, 0) is 4.79 Å². The highest BCUT2D eigenvalue weighted by Gasteiger charge is 2.32. The van der Waals surface area contributed by atoms with Crippen molar-refractivity contribution >= 4 is 12.0 Å². The van der Waals surface area contributed by atoms with Gasteiger partial charge in [0.2, 0.25) is 0 Å². The van der Waals surface area contributed by atoms with Crippen LogP contribution in [0.5, 0.6) is 0 Å². The minimum atomic E-state index is -0.157. The second-order valence-electron chi connectivity index (χ2n) is 6.61. The monoisotopic (exact) mass is 285 g/mol. The predicted octanol–water partition coefficient (Wildman–Crippen LogP) is 4.06. The second-order valence-corrected chi connectivity index (χ2v) is 6.61. The first kappa shape index (κ1) is 15.5. The fourth-order valence-corrected chi connectivity index (χ4v) is 2.64. The largest absolute Gasteiger partial charge is 0.511 e. The zero-order chi connectivity index (χ0) is 15.5. The molecule has 1 aliphatic carbocycles. The number of aliphatic hydroxyl groups is 1. The molecule has 3 nitrogen and oxygen atoms in total. The lowest BCUT2D eigenvalue weighted by Crippen LogP contribution is -2.26. The first-order chi connectivity index (χ1) is 9.89. The van der Waals surface area contributed by atoms with Crippen LogP contribution >= 0.6 is 0 Å². The molecule has 0 radical (unpaired) electrons. The van der Waals surface area contributed by atoms with Gasteiger partial charge in [0.05, 0.1) is 5.57 Å². The van der Waals surface area contributed by atoms with Crippen molar-refractivity contribution in [1.82, 2.24) is 0 Å². The van der Waals surface area contributed by atoms with Crippen molar-refractivity contribution in [3.05, 3.63) is 47.2 Å². The number of carbonyl (C=O) groups is 1. The normalized spacial score (nSPS) is 20.0. The molecule has 3 heteroatoms. The number of Topliss-reactive ketones (excluding diaryl/α,β-unsaturated/α-hetero) is 1. The van der Waals surface area contributed by atoms with Crippen molar-refractivity contribution < 1.29 is 9.90 Å². The average Bonchev–Trinajstić information content (AvgIpc) is 2.41. The molecule has 1 N–H and O–H groups in total. The van der Waals surface area contributed by atoms with Crippen molar-refractivity contribution in [2.24, 2.45) is 10.4 Å². The smallest absolute Gasteiger partial charge is 0.168 e.